The molecule has 1 atom stereocenters. The van der Waals surface area contributed by atoms with E-state index in [0.717, 1.165) is 12.8 Å². The van der Waals surface area contributed by atoms with Gasteiger partial charge >= 0.3 is 0 Å². The lowest BCUT2D eigenvalue weighted by Crippen LogP contribution is -2.27. The van der Waals surface area contributed by atoms with E-state index in [1.165, 1.54) is 0 Å². The van der Waals surface area contributed by atoms with Crippen LogP contribution in [-0.4, -0.2) is 28.8 Å². The van der Waals surface area contributed by atoms with E-state index in [1.807, 2.05) is 6.92 Å². The van der Waals surface area contributed by atoms with Gasteiger partial charge in [-0.2, -0.15) is 4.98 Å². The maximum Gasteiger partial charge on any atom is 0.260 e. The topological polar surface area (TPSA) is 77.2 Å². The van der Waals surface area contributed by atoms with Crippen molar-refractivity contribution in [1.29, 1.82) is 0 Å². The number of benzene rings is 1. The second-order valence-corrected chi connectivity index (χ2v) is 5.49. The highest BCUT2D eigenvalue weighted by Gasteiger charge is 2.25. The molecule has 3 rings (SSSR count). The van der Waals surface area contributed by atoms with Crippen molar-refractivity contribution < 1.29 is 14.1 Å². The number of aromatic nitrogens is 2. The van der Waals surface area contributed by atoms with E-state index in [4.69, 9.17) is 20.9 Å². The highest BCUT2D eigenvalue weighted by Crippen LogP contribution is 2.30. The number of ether oxygens (including phenoxy) is 1. The molecule has 22 heavy (non-hydrogen) atoms. The molecular weight excluding hydrogens is 306 g/mol. The summed E-state index contributed by atoms with van der Waals surface area (Å²) in [5.41, 5.74) is 1.18. The number of anilines is 1. The number of nitrogens with zero attached hydrogens (tertiary/aromatic N) is 2. The average Bonchev–Trinajstić information content (AvgIpc) is 3.20. The minimum absolute atomic E-state index is 0.170. The van der Waals surface area contributed by atoms with Crippen molar-refractivity contribution in [3.05, 3.63) is 29.0 Å². The predicted octanol–water partition coefficient (Wildman–Crippen LogP) is 3.07. The number of aryl methyl sites for hydroxylation is 1. The standard InChI is InChI=1S/C15H16ClN3O3/c1-2-13-18-15(22-19-13)10-8-9(16)5-6-11(10)17-14(20)12-4-3-7-21-12/h5-6,8,12H,2-4,7H2,1H3,(H,17,20). The van der Waals surface area contributed by atoms with E-state index in [1.54, 1.807) is 18.2 Å². The van der Waals surface area contributed by atoms with Crippen molar-refractivity contribution in [3.63, 3.8) is 0 Å². The molecule has 0 spiro atoms. The Morgan fingerprint density at radius 1 is 1.50 bits per heavy atom. The first-order valence-electron chi connectivity index (χ1n) is 7.22. The van der Waals surface area contributed by atoms with Crippen LogP contribution >= 0.6 is 11.6 Å². The maximum absolute atomic E-state index is 12.2. The van der Waals surface area contributed by atoms with Crippen LogP contribution in [-0.2, 0) is 16.0 Å². The quantitative estimate of drug-likeness (QED) is 0.936. The molecule has 1 aliphatic rings. The molecular formula is C15H16ClN3O3. The Labute approximate surface area is 132 Å². The van der Waals surface area contributed by atoms with Gasteiger partial charge in [0.1, 0.15) is 6.10 Å². The minimum Gasteiger partial charge on any atom is -0.368 e. The molecule has 1 aromatic carbocycles. The average molecular weight is 322 g/mol. The summed E-state index contributed by atoms with van der Waals surface area (Å²) in [5.74, 6) is 0.768. The van der Waals surface area contributed by atoms with Crippen molar-refractivity contribution >= 4 is 23.2 Å². The van der Waals surface area contributed by atoms with Gasteiger partial charge < -0.3 is 14.6 Å². The van der Waals surface area contributed by atoms with Crippen LogP contribution in [0, 0.1) is 0 Å². The zero-order valence-corrected chi connectivity index (χ0v) is 12.9. The zero-order chi connectivity index (χ0) is 15.5. The Morgan fingerprint density at radius 2 is 2.36 bits per heavy atom. The summed E-state index contributed by atoms with van der Waals surface area (Å²) in [6.45, 7) is 2.56. The molecule has 6 nitrogen and oxygen atoms in total. The van der Waals surface area contributed by atoms with Crippen LogP contribution in [0.25, 0.3) is 11.5 Å². The monoisotopic (exact) mass is 321 g/mol. The first kappa shape index (κ1) is 15.0. The van der Waals surface area contributed by atoms with Crippen molar-refractivity contribution in [2.24, 2.45) is 0 Å². The summed E-state index contributed by atoms with van der Waals surface area (Å²) >= 11 is 6.04. The molecule has 2 heterocycles. The SMILES string of the molecule is CCc1noc(-c2cc(Cl)ccc2NC(=O)C2CCCO2)n1. The van der Waals surface area contributed by atoms with Crippen molar-refractivity contribution in [3.8, 4) is 11.5 Å². The van der Waals surface area contributed by atoms with Gasteiger partial charge in [0.15, 0.2) is 5.82 Å². The van der Waals surface area contributed by atoms with E-state index in [9.17, 15) is 4.79 Å². The van der Waals surface area contributed by atoms with Crippen LogP contribution < -0.4 is 5.32 Å². The molecule has 0 aliphatic carbocycles. The Bertz CT molecular complexity index is 680. The lowest BCUT2D eigenvalue weighted by atomic mass is 10.1. The minimum atomic E-state index is -0.405. The third-order valence-electron chi connectivity index (χ3n) is 3.48. The van der Waals surface area contributed by atoms with Gasteiger partial charge in [-0.3, -0.25) is 4.79 Å². The third kappa shape index (κ3) is 3.13. The molecule has 1 aliphatic heterocycles. The van der Waals surface area contributed by atoms with E-state index < -0.39 is 6.10 Å². The van der Waals surface area contributed by atoms with Gasteiger partial charge in [0.05, 0.1) is 11.3 Å². The molecule has 1 fully saturated rings. The highest BCUT2D eigenvalue weighted by molar-refractivity contribution is 6.31. The molecule has 1 unspecified atom stereocenters. The summed E-state index contributed by atoms with van der Waals surface area (Å²) in [6.07, 6.45) is 1.89. The lowest BCUT2D eigenvalue weighted by Gasteiger charge is -2.12. The molecule has 0 radical (unpaired) electrons. The number of halogens is 1. The third-order valence-corrected chi connectivity index (χ3v) is 3.71. The summed E-state index contributed by atoms with van der Waals surface area (Å²) in [6, 6.07) is 5.12. The van der Waals surface area contributed by atoms with Gasteiger partial charge in [0.25, 0.3) is 11.8 Å². The fourth-order valence-electron chi connectivity index (χ4n) is 2.31. The maximum atomic E-state index is 12.2. The number of carbonyl (C=O) groups excluding carboxylic acids is 1. The second kappa shape index (κ2) is 6.46. The first-order valence-corrected chi connectivity index (χ1v) is 7.60. The van der Waals surface area contributed by atoms with Crippen LogP contribution in [0.5, 0.6) is 0 Å². The number of carbonyl (C=O) groups is 1. The first-order chi connectivity index (χ1) is 10.7. The molecule has 1 saturated heterocycles. The lowest BCUT2D eigenvalue weighted by molar-refractivity contribution is -0.124. The Kier molecular flexibility index (Phi) is 4.40. The van der Waals surface area contributed by atoms with Gasteiger partial charge in [-0.05, 0) is 31.0 Å². The van der Waals surface area contributed by atoms with Crippen LogP contribution in [0.4, 0.5) is 5.69 Å². The number of hydrogen-bond acceptors (Lipinski definition) is 5. The van der Waals surface area contributed by atoms with E-state index in [0.29, 0.717) is 41.0 Å². The molecule has 1 aromatic heterocycles. The van der Waals surface area contributed by atoms with Crippen molar-refractivity contribution in [2.75, 3.05) is 11.9 Å². The Morgan fingerprint density at radius 3 is 3.05 bits per heavy atom. The van der Waals surface area contributed by atoms with Gasteiger partial charge in [0, 0.05) is 18.1 Å². The summed E-state index contributed by atoms with van der Waals surface area (Å²) in [7, 11) is 0. The fourth-order valence-corrected chi connectivity index (χ4v) is 2.48. The molecule has 0 saturated carbocycles. The van der Waals surface area contributed by atoms with E-state index in [-0.39, 0.29) is 5.91 Å². The smallest absolute Gasteiger partial charge is 0.260 e. The van der Waals surface area contributed by atoms with Crippen LogP contribution in [0.3, 0.4) is 0 Å². The molecule has 2 aromatic rings. The van der Waals surface area contributed by atoms with Crippen molar-refractivity contribution in [2.45, 2.75) is 32.3 Å². The van der Waals surface area contributed by atoms with E-state index >= 15 is 0 Å². The van der Waals surface area contributed by atoms with Gasteiger partial charge in [-0.1, -0.05) is 23.7 Å². The molecule has 1 N–H and O–H groups in total. The predicted molar refractivity (Wildman–Crippen MR) is 81.7 cm³/mol. The summed E-state index contributed by atoms with van der Waals surface area (Å²) < 4.78 is 10.6. The number of amides is 1. The number of hydrogen-bond donors (Lipinski definition) is 1. The summed E-state index contributed by atoms with van der Waals surface area (Å²) in [5, 5.41) is 7.26. The van der Waals surface area contributed by atoms with Gasteiger partial charge in [0.2, 0.25) is 0 Å². The number of rotatable bonds is 4. The van der Waals surface area contributed by atoms with Gasteiger partial charge in [-0.15, -0.1) is 0 Å². The summed E-state index contributed by atoms with van der Waals surface area (Å²) in [4.78, 5) is 16.5. The second-order valence-electron chi connectivity index (χ2n) is 5.05. The Hall–Kier alpha value is -1.92. The molecule has 7 heteroatoms. The van der Waals surface area contributed by atoms with Crippen LogP contribution in [0.2, 0.25) is 5.02 Å². The fraction of sp³-hybridized carbons (Fsp3) is 0.400. The van der Waals surface area contributed by atoms with Crippen molar-refractivity contribution in [1.82, 2.24) is 10.1 Å². The van der Waals surface area contributed by atoms with Gasteiger partial charge in [-0.25, -0.2) is 0 Å². The normalized spacial score (nSPS) is 17.6. The van der Waals surface area contributed by atoms with E-state index in [2.05, 4.69) is 15.5 Å². The molecule has 1 amide bonds. The zero-order valence-electron chi connectivity index (χ0n) is 12.1. The Balaban J connectivity index is 1.88. The largest absolute Gasteiger partial charge is 0.368 e. The molecule has 116 valence electrons. The number of nitrogens with one attached hydrogen (secondary N) is 1. The van der Waals surface area contributed by atoms with Crippen LogP contribution in [0.1, 0.15) is 25.6 Å². The van der Waals surface area contributed by atoms with Crippen LogP contribution in [0.15, 0.2) is 22.7 Å². The molecule has 0 bridgehead atoms. The highest BCUT2D eigenvalue weighted by atomic mass is 35.5.